The number of aryl methyl sites for hydroxylation is 1. The van der Waals surface area contributed by atoms with Crippen molar-refractivity contribution in [3.8, 4) is 0 Å². The van der Waals surface area contributed by atoms with Crippen molar-refractivity contribution in [2.45, 2.75) is 37.0 Å². The van der Waals surface area contributed by atoms with Crippen molar-refractivity contribution < 1.29 is 26.7 Å². The molecule has 0 aliphatic carbocycles. The molecule has 2 aliphatic rings. The third-order valence-corrected chi connectivity index (χ3v) is 8.07. The Balaban J connectivity index is 1.55. The molecule has 0 radical (unpaired) electrons. The zero-order valence-corrected chi connectivity index (χ0v) is 19.8. The third-order valence-electron chi connectivity index (χ3n) is 6.17. The van der Waals surface area contributed by atoms with Gasteiger partial charge in [-0.1, -0.05) is 6.07 Å². The molecule has 2 heterocycles. The Morgan fingerprint density at radius 1 is 0.941 bits per heavy atom. The summed E-state index contributed by atoms with van der Waals surface area (Å²) < 4.78 is 59.6. The van der Waals surface area contributed by atoms with E-state index in [0.717, 1.165) is 50.2 Å². The van der Waals surface area contributed by atoms with Crippen LogP contribution in [0.1, 0.15) is 31.2 Å². The first-order chi connectivity index (χ1) is 16.3. The summed E-state index contributed by atoms with van der Waals surface area (Å²) in [5.41, 5.74) is 1.72. The number of halogens is 2. The van der Waals surface area contributed by atoms with Gasteiger partial charge in [0, 0.05) is 32.6 Å². The number of hydrogen-bond acceptors (Lipinski definition) is 5. The zero-order chi connectivity index (χ0) is 24.1. The number of sulfonamides is 1. The lowest BCUT2D eigenvalue weighted by atomic mass is 10.1. The van der Waals surface area contributed by atoms with Crippen LogP contribution in [0.25, 0.3) is 0 Å². The number of rotatable bonds is 7. The summed E-state index contributed by atoms with van der Waals surface area (Å²) in [5.74, 6) is -2.21. The third kappa shape index (κ3) is 5.73. The molecule has 2 aliphatic heterocycles. The van der Waals surface area contributed by atoms with Gasteiger partial charge < -0.3 is 15.0 Å². The van der Waals surface area contributed by atoms with E-state index in [-0.39, 0.29) is 36.7 Å². The number of nitrogens with zero attached hydrogens (tertiary/aromatic N) is 2. The summed E-state index contributed by atoms with van der Waals surface area (Å²) in [6, 6.07) is 8.42. The molecule has 2 aromatic rings. The van der Waals surface area contributed by atoms with E-state index in [1.54, 1.807) is 12.1 Å². The fourth-order valence-corrected chi connectivity index (χ4v) is 5.72. The standard InChI is InChI=1S/C24H29F2N3O4S/c25-20-7-4-18(16-21(20)26)5-9-24(30)27-22-17-19(34(31,32)29-12-14-33-15-13-29)6-8-23(22)28-10-2-1-3-11-28/h4,6-8,16-17H,1-3,5,9-15H2,(H,27,30). The molecule has 4 rings (SSSR count). The molecule has 0 saturated carbocycles. The van der Waals surface area contributed by atoms with Crippen LogP contribution in [0.4, 0.5) is 20.2 Å². The van der Waals surface area contributed by atoms with Crippen molar-refractivity contribution >= 4 is 27.3 Å². The summed E-state index contributed by atoms with van der Waals surface area (Å²) in [4.78, 5) is 15.0. The van der Waals surface area contributed by atoms with Gasteiger partial charge in [0.2, 0.25) is 15.9 Å². The second kappa shape index (κ2) is 10.8. The number of piperidine rings is 1. The minimum Gasteiger partial charge on any atom is -0.379 e. The highest BCUT2D eigenvalue weighted by Crippen LogP contribution is 2.32. The van der Waals surface area contributed by atoms with Crippen LogP contribution in [-0.2, 0) is 26.0 Å². The van der Waals surface area contributed by atoms with Gasteiger partial charge in [-0.3, -0.25) is 4.79 Å². The van der Waals surface area contributed by atoms with Crippen LogP contribution in [0, 0.1) is 11.6 Å². The lowest BCUT2D eigenvalue weighted by Crippen LogP contribution is -2.40. The molecule has 0 aromatic heterocycles. The van der Waals surface area contributed by atoms with E-state index in [9.17, 15) is 22.0 Å². The quantitative estimate of drug-likeness (QED) is 0.638. The van der Waals surface area contributed by atoms with Gasteiger partial charge >= 0.3 is 0 Å². The number of morpholine rings is 1. The van der Waals surface area contributed by atoms with E-state index in [0.29, 0.717) is 24.5 Å². The van der Waals surface area contributed by atoms with Crippen molar-refractivity contribution in [3.05, 3.63) is 53.6 Å². The second-order valence-corrected chi connectivity index (χ2v) is 10.5. The molecule has 7 nitrogen and oxygen atoms in total. The predicted octanol–water partition coefficient (Wildman–Crippen LogP) is 3.55. The highest BCUT2D eigenvalue weighted by atomic mass is 32.2. The number of carbonyl (C=O) groups is 1. The summed E-state index contributed by atoms with van der Waals surface area (Å²) in [6.07, 6.45) is 3.46. The number of hydrogen-bond donors (Lipinski definition) is 1. The first-order valence-electron chi connectivity index (χ1n) is 11.6. The Bertz CT molecular complexity index is 1130. The Labute approximate surface area is 198 Å². The average molecular weight is 494 g/mol. The predicted molar refractivity (Wildman–Crippen MR) is 125 cm³/mol. The van der Waals surface area contributed by atoms with E-state index in [2.05, 4.69) is 10.2 Å². The van der Waals surface area contributed by atoms with Gasteiger partial charge in [-0.25, -0.2) is 17.2 Å². The number of benzene rings is 2. The van der Waals surface area contributed by atoms with E-state index < -0.39 is 21.7 Å². The lowest BCUT2D eigenvalue weighted by Gasteiger charge is -2.31. The fourth-order valence-electron chi connectivity index (χ4n) is 4.29. The molecule has 0 unspecified atom stereocenters. The van der Waals surface area contributed by atoms with Crippen LogP contribution >= 0.6 is 0 Å². The highest BCUT2D eigenvalue weighted by Gasteiger charge is 2.28. The molecule has 184 valence electrons. The van der Waals surface area contributed by atoms with Crippen LogP contribution in [0.5, 0.6) is 0 Å². The van der Waals surface area contributed by atoms with E-state index >= 15 is 0 Å². The molecular weight excluding hydrogens is 464 g/mol. The minimum absolute atomic E-state index is 0.0466. The minimum atomic E-state index is -3.73. The highest BCUT2D eigenvalue weighted by molar-refractivity contribution is 7.89. The Morgan fingerprint density at radius 2 is 1.68 bits per heavy atom. The zero-order valence-electron chi connectivity index (χ0n) is 18.9. The van der Waals surface area contributed by atoms with Crippen molar-refractivity contribution in [1.29, 1.82) is 0 Å². The van der Waals surface area contributed by atoms with Crippen molar-refractivity contribution in [2.75, 3.05) is 49.6 Å². The molecular formula is C24H29F2N3O4S. The summed E-state index contributed by atoms with van der Waals surface area (Å²) in [5, 5.41) is 2.86. The number of ether oxygens (including phenoxy) is 1. The maximum atomic E-state index is 13.5. The first-order valence-corrected chi connectivity index (χ1v) is 13.0. The topological polar surface area (TPSA) is 79.0 Å². The molecule has 1 N–H and O–H groups in total. The number of nitrogens with one attached hydrogen (secondary N) is 1. The molecule has 2 aromatic carbocycles. The van der Waals surface area contributed by atoms with E-state index in [1.165, 1.54) is 16.4 Å². The molecule has 1 amide bonds. The lowest BCUT2D eigenvalue weighted by molar-refractivity contribution is -0.116. The molecule has 0 bridgehead atoms. The smallest absolute Gasteiger partial charge is 0.243 e. The summed E-state index contributed by atoms with van der Waals surface area (Å²) >= 11 is 0. The Morgan fingerprint density at radius 3 is 2.38 bits per heavy atom. The van der Waals surface area contributed by atoms with Gasteiger partial charge in [-0.15, -0.1) is 0 Å². The SMILES string of the molecule is O=C(CCc1ccc(F)c(F)c1)Nc1cc(S(=O)(=O)N2CCOCC2)ccc1N1CCCCC1. The number of amides is 1. The van der Waals surface area contributed by atoms with Gasteiger partial charge in [0.1, 0.15) is 0 Å². The van der Waals surface area contributed by atoms with Gasteiger partial charge in [0.05, 0.1) is 29.5 Å². The van der Waals surface area contributed by atoms with Crippen LogP contribution in [-0.4, -0.2) is 58.0 Å². The Hall–Kier alpha value is -2.56. The van der Waals surface area contributed by atoms with Gasteiger partial charge in [-0.05, 0) is 61.6 Å². The summed E-state index contributed by atoms with van der Waals surface area (Å²) in [7, 11) is -3.73. The van der Waals surface area contributed by atoms with Crippen LogP contribution in [0.15, 0.2) is 41.3 Å². The Kier molecular flexibility index (Phi) is 7.80. The molecule has 0 spiro atoms. The van der Waals surface area contributed by atoms with E-state index in [1.807, 2.05) is 0 Å². The second-order valence-electron chi connectivity index (χ2n) is 8.54. The monoisotopic (exact) mass is 493 g/mol. The molecule has 34 heavy (non-hydrogen) atoms. The van der Waals surface area contributed by atoms with Crippen LogP contribution < -0.4 is 10.2 Å². The van der Waals surface area contributed by atoms with Crippen LogP contribution in [0.2, 0.25) is 0 Å². The maximum Gasteiger partial charge on any atom is 0.243 e. The molecule has 2 fully saturated rings. The van der Waals surface area contributed by atoms with Crippen molar-refractivity contribution in [1.82, 2.24) is 4.31 Å². The number of carbonyl (C=O) groups excluding carboxylic acids is 1. The fraction of sp³-hybridized carbons (Fsp3) is 0.458. The average Bonchev–Trinajstić information content (AvgIpc) is 2.86. The van der Waals surface area contributed by atoms with Crippen molar-refractivity contribution in [2.24, 2.45) is 0 Å². The van der Waals surface area contributed by atoms with Crippen LogP contribution in [0.3, 0.4) is 0 Å². The largest absolute Gasteiger partial charge is 0.379 e. The molecule has 10 heteroatoms. The molecule has 0 atom stereocenters. The van der Waals surface area contributed by atoms with Crippen molar-refractivity contribution in [3.63, 3.8) is 0 Å². The summed E-state index contributed by atoms with van der Waals surface area (Å²) in [6.45, 7) is 2.91. The van der Waals surface area contributed by atoms with E-state index in [4.69, 9.17) is 4.74 Å². The normalized spacial score (nSPS) is 17.5. The number of anilines is 2. The maximum absolute atomic E-state index is 13.5. The molecule has 2 saturated heterocycles. The first kappa shape index (κ1) is 24.6. The van der Waals surface area contributed by atoms with Gasteiger partial charge in [-0.2, -0.15) is 4.31 Å². The van der Waals surface area contributed by atoms with Gasteiger partial charge in [0.25, 0.3) is 0 Å². The van der Waals surface area contributed by atoms with Gasteiger partial charge in [0.15, 0.2) is 11.6 Å².